The van der Waals surface area contributed by atoms with Crippen molar-refractivity contribution < 1.29 is 9.18 Å². The highest BCUT2D eigenvalue weighted by Crippen LogP contribution is 2.30. The lowest BCUT2D eigenvalue weighted by Gasteiger charge is -2.33. The summed E-state index contributed by atoms with van der Waals surface area (Å²) in [5.74, 6) is 1.07. The summed E-state index contributed by atoms with van der Waals surface area (Å²) in [6.07, 6.45) is 5.26. The molecule has 0 spiro atoms. The first-order chi connectivity index (χ1) is 14.9. The average molecular weight is 420 g/mol. The van der Waals surface area contributed by atoms with E-state index in [1.807, 2.05) is 42.1 Å². The van der Waals surface area contributed by atoms with Crippen molar-refractivity contribution in [1.82, 2.24) is 19.9 Å². The summed E-state index contributed by atoms with van der Waals surface area (Å²) in [6, 6.07) is 10.5. The van der Waals surface area contributed by atoms with Gasteiger partial charge in [-0.15, -0.1) is 0 Å². The quantitative estimate of drug-likeness (QED) is 0.638. The Morgan fingerprint density at radius 2 is 1.90 bits per heavy atom. The van der Waals surface area contributed by atoms with Crippen LogP contribution in [-0.4, -0.2) is 52.9 Å². The number of aryl methyl sites for hydroxylation is 1. The molecule has 1 amide bonds. The average Bonchev–Trinajstić information content (AvgIpc) is 2.80. The van der Waals surface area contributed by atoms with Gasteiger partial charge in [0.25, 0.3) is 5.91 Å². The van der Waals surface area contributed by atoms with Gasteiger partial charge in [0, 0.05) is 62.7 Å². The predicted octanol–water partition coefficient (Wildman–Crippen LogP) is 4.07. The lowest BCUT2D eigenvalue weighted by atomic mass is 9.93. The number of aromatic nitrogens is 3. The van der Waals surface area contributed by atoms with E-state index in [1.54, 1.807) is 31.5 Å². The number of hydrogen-bond donors (Lipinski definition) is 0. The van der Waals surface area contributed by atoms with E-state index in [9.17, 15) is 9.18 Å². The Kier molecular flexibility index (Phi) is 5.93. The fourth-order valence-electron chi connectivity index (χ4n) is 3.83. The minimum Gasteiger partial charge on any atom is -0.363 e. The number of rotatable bonds is 4. The zero-order valence-electron chi connectivity index (χ0n) is 18.0. The van der Waals surface area contributed by atoms with Crippen molar-refractivity contribution >= 4 is 11.7 Å². The summed E-state index contributed by atoms with van der Waals surface area (Å²) in [5, 5.41) is 0. The van der Waals surface area contributed by atoms with E-state index in [0.29, 0.717) is 30.0 Å². The second-order valence-electron chi connectivity index (χ2n) is 8.16. The Hall–Kier alpha value is -3.35. The number of anilines is 1. The zero-order valence-corrected chi connectivity index (χ0v) is 18.0. The number of amides is 1. The summed E-state index contributed by atoms with van der Waals surface area (Å²) in [4.78, 5) is 30.4. The fraction of sp³-hybridized carbons (Fsp3) is 0.333. The summed E-state index contributed by atoms with van der Waals surface area (Å²) < 4.78 is 14.0. The van der Waals surface area contributed by atoms with E-state index in [2.05, 4.69) is 9.97 Å². The van der Waals surface area contributed by atoms with E-state index < -0.39 is 0 Å². The number of carbonyl (C=O) groups excluding carboxylic acids is 1. The van der Waals surface area contributed by atoms with Crippen LogP contribution in [0.2, 0.25) is 0 Å². The third-order valence-corrected chi connectivity index (χ3v) is 5.67. The molecule has 0 radical (unpaired) electrons. The first-order valence-electron chi connectivity index (χ1n) is 10.4. The maximum absolute atomic E-state index is 14.0. The van der Waals surface area contributed by atoms with Crippen LogP contribution in [-0.2, 0) is 0 Å². The summed E-state index contributed by atoms with van der Waals surface area (Å²) in [5.41, 5.74) is 2.74. The molecule has 0 aliphatic carbocycles. The van der Waals surface area contributed by atoms with Gasteiger partial charge in [0.15, 0.2) is 5.82 Å². The molecule has 0 N–H and O–H groups in total. The molecule has 6 nitrogen and oxygen atoms in total. The number of benzene rings is 1. The molecule has 7 heteroatoms. The molecule has 1 aliphatic rings. The van der Waals surface area contributed by atoms with Crippen molar-refractivity contribution in [2.75, 3.05) is 32.1 Å². The van der Waals surface area contributed by atoms with Crippen LogP contribution in [0, 0.1) is 12.7 Å². The minimum absolute atomic E-state index is 0.0929. The van der Waals surface area contributed by atoms with Crippen molar-refractivity contribution in [2.45, 2.75) is 25.7 Å². The smallest absolute Gasteiger partial charge is 0.253 e. The summed E-state index contributed by atoms with van der Waals surface area (Å²) in [6.45, 7) is 2.90. The van der Waals surface area contributed by atoms with E-state index in [0.717, 1.165) is 29.9 Å². The van der Waals surface area contributed by atoms with Crippen molar-refractivity contribution in [3.05, 3.63) is 71.4 Å². The van der Waals surface area contributed by atoms with Gasteiger partial charge in [-0.1, -0.05) is 6.07 Å². The van der Waals surface area contributed by atoms with Gasteiger partial charge < -0.3 is 9.80 Å². The van der Waals surface area contributed by atoms with Gasteiger partial charge in [0.1, 0.15) is 11.6 Å². The van der Waals surface area contributed by atoms with Gasteiger partial charge in [-0.2, -0.15) is 0 Å². The van der Waals surface area contributed by atoms with Crippen LogP contribution in [0.5, 0.6) is 0 Å². The lowest BCUT2D eigenvalue weighted by Crippen LogP contribution is -2.39. The molecule has 4 rings (SSSR count). The van der Waals surface area contributed by atoms with Crippen molar-refractivity contribution in [3.63, 3.8) is 0 Å². The standard InChI is InChI=1S/C24H26FN5O/c1-16-6-7-18(13-20(16)25)24(31)30-12-4-5-19(15-30)21-14-22(29(2)3)28-23(27-21)17-8-10-26-11-9-17/h6-11,13-14,19H,4-5,12,15H2,1-3H3/t19-/m1/s1. The van der Waals surface area contributed by atoms with Crippen LogP contribution in [0.3, 0.4) is 0 Å². The summed E-state index contributed by atoms with van der Waals surface area (Å²) >= 11 is 0. The van der Waals surface area contributed by atoms with Gasteiger partial charge in [-0.3, -0.25) is 9.78 Å². The minimum atomic E-state index is -0.354. The Bertz CT molecular complexity index is 1090. The Labute approximate surface area is 181 Å². The molecule has 1 atom stereocenters. The van der Waals surface area contributed by atoms with Gasteiger partial charge >= 0.3 is 0 Å². The van der Waals surface area contributed by atoms with E-state index >= 15 is 0 Å². The molecule has 1 saturated heterocycles. The van der Waals surface area contributed by atoms with Gasteiger partial charge in [-0.25, -0.2) is 14.4 Å². The molecule has 0 unspecified atom stereocenters. The highest BCUT2D eigenvalue weighted by molar-refractivity contribution is 5.94. The maximum atomic E-state index is 14.0. The topological polar surface area (TPSA) is 62.2 Å². The molecule has 1 aliphatic heterocycles. The van der Waals surface area contributed by atoms with Crippen LogP contribution in [0.25, 0.3) is 11.4 Å². The third-order valence-electron chi connectivity index (χ3n) is 5.67. The highest BCUT2D eigenvalue weighted by Gasteiger charge is 2.27. The molecule has 3 aromatic rings. The number of halogens is 1. The highest BCUT2D eigenvalue weighted by atomic mass is 19.1. The number of carbonyl (C=O) groups is 1. The third kappa shape index (κ3) is 4.55. The SMILES string of the molecule is Cc1ccc(C(=O)N2CCC[C@@H](c3cc(N(C)C)nc(-c4ccncc4)n3)C2)cc1F. The molecular formula is C24H26FN5O. The van der Waals surface area contributed by atoms with Gasteiger partial charge in [-0.05, 0) is 49.6 Å². The second-order valence-corrected chi connectivity index (χ2v) is 8.16. The molecule has 3 heterocycles. The molecule has 2 aromatic heterocycles. The van der Waals surface area contributed by atoms with Gasteiger partial charge in [0.2, 0.25) is 0 Å². The lowest BCUT2D eigenvalue weighted by molar-refractivity contribution is 0.0705. The molecule has 1 fully saturated rings. The monoisotopic (exact) mass is 419 g/mol. The molecule has 31 heavy (non-hydrogen) atoms. The number of likely N-dealkylation sites (tertiary alicyclic amines) is 1. The Morgan fingerprint density at radius 3 is 2.61 bits per heavy atom. The first-order valence-corrected chi connectivity index (χ1v) is 10.4. The second kappa shape index (κ2) is 8.79. The molecule has 0 bridgehead atoms. The zero-order chi connectivity index (χ0) is 22.0. The number of pyridine rings is 1. The number of hydrogen-bond acceptors (Lipinski definition) is 5. The van der Waals surface area contributed by atoms with Crippen LogP contribution in [0.1, 0.15) is 40.4 Å². The number of piperidine rings is 1. The molecule has 160 valence electrons. The van der Waals surface area contributed by atoms with Crippen LogP contribution < -0.4 is 4.90 Å². The number of nitrogens with zero attached hydrogens (tertiary/aromatic N) is 5. The van der Waals surface area contributed by atoms with Crippen molar-refractivity contribution in [1.29, 1.82) is 0 Å². The predicted molar refractivity (Wildman–Crippen MR) is 119 cm³/mol. The Balaban J connectivity index is 1.62. The van der Waals surface area contributed by atoms with Crippen molar-refractivity contribution in [2.24, 2.45) is 0 Å². The molecular weight excluding hydrogens is 393 g/mol. The largest absolute Gasteiger partial charge is 0.363 e. The van der Waals surface area contributed by atoms with E-state index in [4.69, 9.17) is 4.98 Å². The van der Waals surface area contributed by atoms with E-state index in [1.165, 1.54) is 6.07 Å². The normalized spacial score (nSPS) is 16.3. The summed E-state index contributed by atoms with van der Waals surface area (Å²) in [7, 11) is 3.90. The van der Waals surface area contributed by atoms with Crippen molar-refractivity contribution in [3.8, 4) is 11.4 Å². The molecule has 1 aromatic carbocycles. The van der Waals surface area contributed by atoms with Crippen LogP contribution in [0.4, 0.5) is 10.2 Å². The van der Waals surface area contributed by atoms with Crippen LogP contribution >= 0.6 is 0 Å². The molecule has 0 saturated carbocycles. The van der Waals surface area contributed by atoms with Gasteiger partial charge in [0.05, 0.1) is 5.69 Å². The first kappa shape index (κ1) is 20.9. The van der Waals surface area contributed by atoms with E-state index in [-0.39, 0.29) is 17.6 Å². The maximum Gasteiger partial charge on any atom is 0.253 e. The fourth-order valence-corrected chi connectivity index (χ4v) is 3.83. The Morgan fingerprint density at radius 1 is 1.13 bits per heavy atom. The van der Waals surface area contributed by atoms with Crippen LogP contribution in [0.15, 0.2) is 48.8 Å².